The average molecular weight is 427 g/mol. The Morgan fingerprint density at radius 1 is 0.906 bits per heavy atom. The molecule has 0 aliphatic carbocycles. The van der Waals surface area contributed by atoms with Gasteiger partial charge in [-0.05, 0) is 34.0 Å². The maximum absolute atomic E-state index is 12.8. The topological polar surface area (TPSA) is 67.2 Å². The van der Waals surface area contributed by atoms with Gasteiger partial charge in [0.15, 0.2) is 0 Å². The van der Waals surface area contributed by atoms with Gasteiger partial charge in [-0.15, -0.1) is 10.2 Å². The largest absolute Gasteiger partial charge is 0.338 e. The fourth-order valence-electron chi connectivity index (χ4n) is 4.29. The number of hydrogen-bond donors (Lipinski definition) is 0. The zero-order valence-electron chi connectivity index (χ0n) is 18.2. The third-order valence-corrected chi connectivity index (χ3v) is 6.11. The number of rotatable bonds is 5. The Morgan fingerprint density at radius 2 is 1.66 bits per heavy atom. The number of nitrogens with zero attached hydrogens (tertiary/aromatic N) is 6. The summed E-state index contributed by atoms with van der Waals surface area (Å²) in [6, 6.07) is 22.9. The Balaban J connectivity index is 1.18. The summed E-state index contributed by atoms with van der Waals surface area (Å²) in [4.78, 5) is 18.5. The first kappa shape index (κ1) is 20.3. The number of fused-ring (bicyclic) bond motifs is 1. The van der Waals surface area contributed by atoms with Crippen molar-refractivity contribution in [1.82, 2.24) is 30.0 Å². The summed E-state index contributed by atoms with van der Waals surface area (Å²) in [6.07, 6.45) is 0. The molecular formula is C25H26N6O. The van der Waals surface area contributed by atoms with Crippen molar-refractivity contribution in [2.75, 3.05) is 26.2 Å². The molecule has 0 radical (unpaired) electrons. The zero-order chi connectivity index (χ0) is 21.9. The lowest BCUT2D eigenvalue weighted by molar-refractivity contribution is -0.134. The minimum atomic E-state index is 0.0311. The average Bonchev–Trinajstić information content (AvgIpc) is 3.28. The van der Waals surface area contributed by atoms with E-state index in [1.54, 1.807) is 0 Å². The maximum atomic E-state index is 12.8. The molecular weight excluding hydrogens is 400 g/mol. The molecule has 1 amide bonds. The minimum Gasteiger partial charge on any atom is -0.338 e. The van der Waals surface area contributed by atoms with Gasteiger partial charge in [0.1, 0.15) is 6.54 Å². The number of tetrazole rings is 1. The second-order valence-corrected chi connectivity index (χ2v) is 8.25. The van der Waals surface area contributed by atoms with E-state index in [1.807, 2.05) is 36.1 Å². The van der Waals surface area contributed by atoms with Gasteiger partial charge in [0.05, 0.1) is 0 Å². The molecule has 1 aliphatic heterocycles. The van der Waals surface area contributed by atoms with Crippen molar-refractivity contribution in [1.29, 1.82) is 0 Å². The molecule has 0 spiro atoms. The fourth-order valence-corrected chi connectivity index (χ4v) is 4.29. The Bertz CT molecular complexity index is 1240. The predicted molar refractivity (Wildman–Crippen MR) is 124 cm³/mol. The van der Waals surface area contributed by atoms with Crippen molar-refractivity contribution in [3.8, 4) is 11.4 Å². The van der Waals surface area contributed by atoms with E-state index >= 15 is 0 Å². The van der Waals surface area contributed by atoms with Gasteiger partial charge in [0.25, 0.3) is 0 Å². The molecule has 0 atom stereocenters. The molecule has 0 bridgehead atoms. The van der Waals surface area contributed by atoms with Crippen LogP contribution in [0.5, 0.6) is 0 Å². The van der Waals surface area contributed by atoms with Crippen LogP contribution in [-0.2, 0) is 17.9 Å². The first-order chi connectivity index (χ1) is 15.7. The van der Waals surface area contributed by atoms with Gasteiger partial charge in [0, 0.05) is 38.3 Å². The SMILES string of the molecule is Cc1ccccc1-c1nnn(CC(=O)N2CCN(Cc3cccc4ccccc34)CC2)n1. The number of amides is 1. The molecule has 1 aliphatic rings. The Labute approximate surface area is 187 Å². The van der Waals surface area contributed by atoms with E-state index in [4.69, 9.17) is 0 Å². The Hall–Kier alpha value is -3.58. The molecule has 162 valence electrons. The molecule has 3 aromatic carbocycles. The fraction of sp³-hybridized carbons (Fsp3) is 0.280. The lowest BCUT2D eigenvalue weighted by Gasteiger charge is -2.34. The van der Waals surface area contributed by atoms with Crippen LogP contribution in [0.1, 0.15) is 11.1 Å². The normalized spacial score (nSPS) is 14.7. The zero-order valence-corrected chi connectivity index (χ0v) is 18.2. The van der Waals surface area contributed by atoms with Gasteiger partial charge in [-0.1, -0.05) is 66.7 Å². The van der Waals surface area contributed by atoms with Crippen molar-refractivity contribution in [3.05, 3.63) is 77.9 Å². The van der Waals surface area contributed by atoms with Crippen LogP contribution in [0.2, 0.25) is 0 Å². The molecule has 5 rings (SSSR count). The lowest BCUT2D eigenvalue weighted by Crippen LogP contribution is -2.49. The molecule has 2 heterocycles. The van der Waals surface area contributed by atoms with E-state index < -0.39 is 0 Å². The van der Waals surface area contributed by atoms with E-state index in [2.05, 4.69) is 62.8 Å². The minimum absolute atomic E-state index is 0.0311. The van der Waals surface area contributed by atoms with Crippen molar-refractivity contribution < 1.29 is 4.79 Å². The molecule has 7 nitrogen and oxygen atoms in total. The first-order valence-electron chi connectivity index (χ1n) is 11.0. The van der Waals surface area contributed by atoms with Crippen molar-refractivity contribution in [3.63, 3.8) is 0 Å². The van der Waals surface area contributed by atoms with Crippen molar-refractivity contribution in [2.24, 2.45) is 0 Å². The van der Waals surface area contributed by atoms with E-state index in [0.29, 0.717) is 18.9 Å². The van der Waals surface area contributed by atoms with Gasteiger partial charge in [-0.2, -0.15) is 4.80 Å². The molecule has 1 saturated heterocycles. The summed E-state index contributed by atoms with van der Waals surface area (Å²) >= 11 is 0. The lowest BCUT2D eigenvalue weighted by atomic mass is 10.0. The molecule has 1 aromatic heterocycles. The smallest absolute Gasteiger partial charge is 0.246 e. The number of carbonyl (C=O) groups excluding carboxylic acids is 1. The maximum Gasteiger partial charge on any atom is 0.246 e. The van der Waals surface area contributed by atoms with Crippen molar-refractivity contribution in [2.45, 2.75) is 20.0 Å². The molecule has 0 unspecified atom stereocenters. The highest BCUT2D eigenvalue weighted by atomic mass is 16.2. The number of hydrogen-bond acceptors (Lipinski definition) is 5. The number of benzene rings is 3. The van der Waals surface area contributed by atoms with Crippen LogP contribution in [0, 0.1) is 6.92 Å². The number of carbonyl (C=O) groups is 1. The number of aromatic nitrogens is 4. The first-order valence-corrected chi connectivity index (χ1v) is 11.0. The number of piperazine rings is 1. The van der Waals surface area contributed by atoms with Gasteiger partial charge in [0.2, 0.25) is 11.7 Å². The van der Waals surface area contributed by atoms with Crippen molar-refractivity contribution >= 4 is 16.7 Å². The molecule has 4 aromatic rings. The summed E-state index contributed by atoms with van der Waals surface area (Å²) in [5.41, 5.74) is 3.35. The quantitative estimate of drug-likeness (QED) is 0.490. The summed E-state index contributed by atoms with van der Waals surface area (Å²) in [6.45, 7) is 6.16. The second kappa shape index (κ2) is 8.88. The highest BCUT2D eigenvalue weighted by molar-refractivity contribution is 5.85. The van der Waals surface area contributed by atoms with E-state index in [9.17, 15) is 4.79 Å². The summed E-state index contributed by atoms with van der Waals surface area (Å²) in [5, 5.41) is 15.2. The molecule has 1 fully saturated rings. The highest BCUT2D eigenvalue weighted by Gasteiger charge is 2.22. The van der Waals surface area contributed by atoms with Gasteiger partial charge < -0.3 is 4.90 Å². The van der Waals surface area contributed by atoms with Crippen LogP contribution in [-0.4, -0.2) is 62.1 Å². The van der Waals surface area contributed by atoms with Gasteiger partial charge in [-0.3, -0.25) is 9.69 Å². The summed E-state index contributed by atoms with van der Waals surface area (Å²) in [5.74, 6) is 0.583. The standard InChI is InChI=1S/C25H26N6O/c1-19-7-2-4-11-22(19)25-26-28-31(27-25)18-24(32)30-15-13-29(14-16-30)17-21-10-6-9-20-8-3-5-12-23(20)21/h2-12H,13-18H2,1H3. The predicted octanol–water partition coefficient (Wildman–Crippen LogP) is 3.15. The summed E-state index contributed by atoms with van der Waals surface area (Å²) in [7, 11) is 0. The van der Waals surface area contributed by atoms with E-state index in [1.165, 1.54) is 21.1 Å². The monoisotopic (exact) mass is 426 g/mol. The third kappa shape index (κ3) is 4.24. The highest BCUT2D eigenvalue weighted by Crippen LogP contribution is 2.21. The Kier molecular flexibility index (Phi) is 5.64. The number of aryl methyl sites for hydroxylation is 1. The second-order valence-electron chi connectivity index (χ2n) is 8.25. The third-order valence-electron chi connectivity index (χ3n) is 6.11. The van der Waals surface area contributed by atoms with E-state index in [0.717, 1.165) is 30.8 Å². The van der Waals surface area contributed by atoms with Gasteiger partial charge >= 0.3 is 0 Å². The van der Waals surface area contributed by atoms with E-state index in [-0.39, 0.29) is 12.5 Å². The molecule has 32 heavy (non-hydrogen) atoms. The molecule has 0 N–H and O–H groups in total. The Morgan fingerprint density at radius 3 is 2.50 bits per heavy atom. The van der Waals surface area contributed by atoms with Gasteiger partial charge in [-0.25, -0.2) is 0 Å². The van der Waals surface area contributed by atoms with Crippen LogP contribution >= 0.6 is 0 Å². The van der Waals surface area contributed by atoms with Crippen LogP contribution < -0.4 is 0 Å². The van der Waals surface area contributed by atoms with Crippen LogP contribution in [0.25, 0.3) is 22.2 Å². The molecule has 0 saturated carbocycles. The summed E-state index contributed by atoms with van der Waals surface area (Å²) < 4.78 is 0. The van der Waals surface area contributed by atoms with Crippen LogP contribution in [0.15, 0.2) is 66.7 Å². The molecule has 7 heteroatoms. The van der Waals surface area contributed by atoms with Crippen LogP contribution in [0.4, 0.5) is 0 Å². The van der Waals surface area contributed by atoms with Crippen LogP contribution in [0.3, 0.4) is 0 Å².